The molecule has 13 heavy (non-hydrogen) atoms. The average molecular weight is 187 g/mol. The molecule has 0 radical (unpaired) electrons. The van der Waals surface area contributed by atoms with Gasteiger partial charge in [-0.25, -0.2) is 0 Å². The first-order valence-electron chi connectivity index (χ1n) is 3.93. The molecule has 1 saturated heterocycles. The third-order valence-electron chi connectivity index (χ3n) is 1.95. The van der Waals surface area contributed by atoms with Crippen molar-refractivity contribution in [3.05, 3.63) is 0 Å². The molecule has 1 aliphatic rings. The molecule has 6 heteroatoms. The highest BCUT2D eigenvalue weighted by molar-refractivity contribution is 5.96. The van der Waals surface area contributed by atoms with Crippen LogP contribution in [0.5, 0.6) is 0 Å². The molecule has 2 unspecified atom stereocenters. The van der Waals surface area contributed by atoms with Gasteiger partial charge in [-0.3, -0.25) is 9.59 Å². The summed E-state index contributed by atoms with van der Waals surface area (Å²) in [5, 5.41) is 4.91. The molecule has 2 atom stereocenters. The van der Waals surface area contributed by atoms with Crippen molar-refractivity contribution in [2.75, 3.05) is 13.7 Å². The van der Waals surface area contributed by atoms with Crippen LogP contribution < -0.4 is 16.4 Å². The fourth-order valence-corrected chi connectivity index (χ4v) is 0.951. The van der Waals surface area contributed by atoms with E-state index in [-0.39, 0.29) is 12.5 Å². The van der Waals surface area contributed by atoms with Gasteiger partial charge in [0.2, 0.25) is 11.6 Å². The number of methoxy groups -OCH3 is 1. The second kappa shape index (κ2) is 3.31. The largest absolute Gasteiger partial charge is 0.349 e. The number of nitrogens with one attached hydrogen (secondary N) is 2. The number of ether oxygens (including phenoxy) is 1. The predicted octanol–water partition coefficient (Wildman–Crippen LogP) is -2.08. The Hall–Kier alpha value is -1.14. The quantitative estimate of drug-likeness (QED) is 0.349. The summed E-state index contributed by atoms with van der Waals surface area (Å²) in [6, 6.07) is -0.652. The third kappa shape index (κ3) is 1.63. The first kappa shape index (κ1) is 9.94. The van der Waals surface area contributed by atoms with E-state index in [1.807, 2.05) is 0 Å². The summed E-state index contributed by atoms with van der Waals surface area (Å²) in [4.78, 5) is 22.2. The number of β-lactam (4-membered cyclic amide) rings is 1. The van der Waals surface area contributed by atoms with Gasteiger partial charge < -0.3 is 21.1 Å². The summed E-state index contributed by atoms with van der Waals surface area (Å²) >= 11 is 0. The molecule has 6 nitrogen and oxygen atoms in total. The van der Waals surface area contributed by atoms with E-state index in [0.29, 0.717) is 0 Å². The van der Waals surface area contributed by atoms with Crippen molar-refractivity contribution < 1.29 is 14.3 Å². The minimum atomic E-state index is -1.20. The SMILES string of the molecule is COC1(NC(=O)C(C)N)CNC1=O. The highest BCUT2D eigenvalue weighted by atomic mass is 16.5. The van der Waals surface area contributed by atoms with Crippen molar-refractivity contribution in [2.24, 2.45) is 5.73 Å². The number of nitrogens with two attached hydrogens (primary N) is 1. The van der Waals surface area contributed by atoms with Crippen molar-refractivity contribution in [1.29, 1.82) is 0 Å². The maximum atomic E-state index is 11.2. The second-order valence-electron chi connectivity index (χ2n) is 2.99. The van der Waals surface area contributed by atoms with Gasteiger partial charge in [-0.05, 0) is 6.92 Å². The molecule has 0 aromatic heterocycles. The fourth-order valence-electron chi connectivity index (χ4n) is 0.951. The highest BCUT2D eigenvalue weighted by Crippen LogP contribution is 2.13. The summed E-state index contributed by atoms with van der Waals surface area (Å²) in [7, 11) is 1.36. The smallest absolute Gasteiger partial charge is 0.275 e. The molecule has 0 spiro atoms. The Kier molecular flexibility index (Phi) is 2.53. The molecule has 1 heterocycles. The van der Waals surface area contributed by atoms with Crippen LogP contribution in [0.4, 0.5) is 0 Å². The predicted molar refractivity (Wildman–Crippen MR) is 44.5 cm³/mol. The van der Waals surface area contributed by atoms with Crippen LogP contribution >= 0.6 is 0 Å². The van der Waals surface area contributed by atoms with Gasteiger partial charge in [-0.2, -0.15) is 0 Å². The van der Waals surface area contributed by atoms with Crippen molar-refractivity contribution in [2.45, 2.75) is 18.7 Å². The molecule has 2 amide bonds. The summed E-state index contributed by atoms with van der Waals surface area (Å²) in [6.07, 6.45) is 0. The van der Waals surface area contributed by atoms with E-state index >= 15 is 0 Å². The molecule has 0 aromatic carbocycles. The van der Waals surface area contributed by atoms with Gasteiger partial charge in [0, 0.05) is 7.11 Å². The summed E-state index contributed by atoms with van der Waals surface area (Å²) in [5.74, 6) is -0.749. The van der Waals surface area contributed by atoms with Gasteiger partial charge in [0.1, 0.15) is 0 Å². The molecular formula is C7H13N3O3. The maximum absolute atomic E-state index is 11.2. The zero-order chi connectivity index (χ0) is 10.1. The van der Waals surface area contributed by atoms with E-state index in [1.54, 1.807) is 0 Å². The number of amides is 2. The van der Waals surface area contributed by atoms with Gasteiger partial charge in [-0.1, -0.05) is 0 Å². The van der Waals surface area contributed by atoms with E-state index in [4.69, 9.17) is 10.5 Å². The number of rotatable bonds is 3. The Morgan fingerprint density at radius 3 is 2.69 bits per heavy atom. The highest BCUT2D eigenvalue weighted by Gasteiger charge is 2.48. The van der Waals surface area contributed by atoms with E-state index in [1.165, 1.54) is 14.0 Å². The monoisotopic (exact) mass is 187 g/mol. The first-order valence-corrected chi connectivity index (χ1v) is 3.93. The Morgan fingerprint density at radius 1 is 1.85 bits per heavy atom. The van der Waals surface area contributed by atoms with Crippen LogP contribution in [0.3, 0.4) is 0 Å². The molecule has 1 fully saturated rings. The van der Waals surface area contributed by atoms with E-state index in [0.717, 1.165) is 0 Å². The van der Waals surface area contributed by atoms with Crippen LogP contribution in [0.25, 0.3) is 0 Å². The average Bonchev–Trinajstić information content (AvgIpc) is 2.10. The van der Waals surface area contributed by atoms with E-state index in [2.05, 4.69) is 10.6 Å². The first-order chi connectivity index (χ1) is 6.02. The van der Waals surface area contributed by atoms with Gasteiger partial charge in [-0.15, -0.1) is 0 Å². The standard InChI is InChI=1S/C7H13N3O3/c1-4(8)5(11)10-7(13-2)3-9-6(7)12/h4H,3,8H2,1-2H3,(H,9,12)(H,10,11). The van der Waals surface area contributed by atoms with Crippen LogP contribution in [0.15, 0.2) is 0 Å². The van der Waals surface area contributed by atoms with Crippen LogP contribution in [0.2, 0.25) is 0 Å². The molecular weight excluding hydrogens is 174 g/mol. The van der Waals surface area contributed by atoms with Crippen LogP contribution in [0.1, 0.15) is 6.92 Å². The Balaban J connectivity index is 2.60. The Bertz CT molecular complexity index is 237. The lowest BCUT2D eigenvalue weighted by Crippen LogP contribution is -2.75. The lowest BCUT2D eigenvalue weighted by atomic mass is 10.1. The van der Waals surface area contributed by atoms with Crippen molar-refractivity contribution in [3.63, 3.8) is 0 Å². The van der Waals surface area contributed by atoms with Crippen molar-refractivity contribution >= 4 is 11.8 Å². The van der Waals surface area contributed by atoms with E-state index in [9.17, 15) is 9.59 Å². The second-order valence-corrected chi connectivity index (χ2v) is 2.99. The maximum Gasteiger partial charge on any atom is 0.275 e. The molecule has 0 bridgehead atoms. The molecule has 1 aliphatic heterocycles. The summed E-state index contributed by atoms with van der Waals surface area (Å²) < 4.78 is 4.91. The summed E-state index contributed by atoms with van der Waals surface area (Å²) in [5.41, 5.74) is 4.12. The normalized spacial score (nSPS) is 28.7. The summed E-state index contributed by atoms with van der Waals surface area (Å²) in [6.45, 7) is 1.82. The van der Waals surface area contributed by atoms with Gasteiger partial charge in [0.15, 0.2) is 0 Å². The van der Waals surface area contributed by atoms with E-state index < -0.39 is 17.7 Å². The minimum absolute atomic E-state index is 0.279. The lowest BCUT2D eigenvalue weighted by Gasteiger charge is -2.39. The van der Waals surface area contributed by atoms with Crippen LogP contribution in [-0.4, -0.2) is 37.2 Å². The lowest BCUT2D eigenvalue weighted by molar-refractivity contribution is -0.166. The van der Waals surface area contributed by atoms with Crippen molar-refractivity contribution in [3.8, 4) is 0 Å². The molecule has 4 N–H and O–H groups in total. The topological polar surface area (TPSA) is 93.4 Å². The molecule has 74 valence electrons. The molecule has 1 rings (SSSR count). The van der Waals surface area contributed by atoms with Crippen molar-refractivity contribution in [1.82, 2.24) is 10.6 Å². The number of carbonyl (C=O) groups excluding carboxylic acids is 2. The Labute approximate surface area is 75.8 Å². The molecule has 0 aromatic rings. The fraction of sp³-hybridized carbons (Fsp3) is 0.714. The third-order valence-corrected chi connectivity index (χ3v) is 1.95. The zero-order valence-corrected chi connectivity index (χ0v) is 7.59. The number of hydrogen-bond donors (Lipinski definition) is 3. The van der Waals surface area contributed by atoms with Gasteiger partial charge >= 0.3 is 0 Å². The minimum Gasteiger partial charge on any atom is -0.349 e. The van der Waals surface area contributed by atoms with Gasteiger partial charge in [0.25, 0.3) is 5.91 Å². The number of hydrogen-bond acceptors (Lipinski definition) is 4. The molecule has 0 saturated carbocycles. The van der Waals surface area contributed by atoms with Gasteiger partial charge in [0.05, 0.1) is 12.6 Å². The number of carbonyl (C=O) groups is 2. The molecule has 0 aliphatic carbocycles. The zero-order valence-electron chi connectivity index (χ0n) is 7.59. The van der Waals surface area contributed by atoms with Crippen LogP contribution in [0, 0.1) is 0 Å². The van der Waals surface area contributed by atoms with Crippen LogP contribution in [-0.2, 0) is 14.3 Å². The Morgan fingerprint density at radius 2 is 2.46 bits per heavy atom.